The first-order valence-corrected chi connectivity index (χ1v) is 2.29. The van der Waals surface area contributed by atoms with Crippen LogP contribution in [0.4, 0.5) is 4.79 Å². The standard InChI is InChI=1S/C4H7N3O/c5-4(8)7-3-1-2-6-7/h1,3,6H,2H2,(H2,5,8). The molecular formula is C4H7N3O. The van der Waals surface area contributed by atoms with Crippen LogP contribution in [0.15, 0.2) is 12.3 Å². The molecule has 2 amide bonds. The Morgan fingerprint density at radius 3 is 2.88 bits per heavy atom. The first-order chi connectivity index (χ1) is 3.80. The molecule has 1 heterocycles. The van der Waals surface area contributed by atoms with Crippen molar-refractivity contribution in [2.24, 2.45) is 5.73 Å². The van der Waals surface area contributed by atoms with Crippen molar-refractivity contribution < 1.29 is 4.79 Å². The van der Waals surface area contributed by atoms with Crippen molar-refractivity contribution in [3.8, 4) is 0 Å². The molecule has 0 aromatic heterocycles. The zero-order valence-electron chi connectivity index (χ0n) is 4.29. The van der Waals surface area contributed by atoms with E-state index in [0.29, 0.717) is 6.54 Å². The highest BCUT2D eigenvalue weighted by atomic mass is 16.2. The minimum atomic E-state index is -0.473. The Hall–Kier alpha value is -1.03. The van der Waals surface area contributed by atoms with Crippen molar-refractivity contribution >= 4 is 6.03 Å². The van der Waals surface area contributed by atoms with E-state index in [9.17, 15) is 4.79 Å². The van der Waals surface area contributed by atoms with E-state index in [1.54, 1.807) is 6.20 Å². The fraction of sp³-hybridized carbons (Fsp3) is 0.250. The van der Waals surface area contributed by atoms with Crippen LogP contribution in [0, 0.1) is 0 Å². The normalized spacial score (nSPS) is 17.2. The van der Waals surface area contributed by atoms with Crippen LogP contribution < -0.4 is 11.2 Å². The third-order valence-corrected chi connectivity index (χ3v) is 0.871. The molecule has 8 heavy (non-hydrogen) atoms. The number of nitrogens with two attached hydrogens (primary N) is 1. The lowest BCUT2D eigenvalue weighted by Gasteiger charge is -2.08. The van der Waals surface area contributed by atoms with Crippen molar-refractivity contribution in [3.63, 3.8) is 0 Å². The van der Waals surface area contributed by atoms with Gasteiger partial charge in [-0.15, -0.1) is 0 Å². The van der Waals surface area contributed by atoms with E-state index in [0.717, 1.165) is 0 Å². The van der Waals surface area contributed by atoms with Gasteiger partial charge >= 0.3 is 6.03 Å². The summed E-state index contributed by atoms with van der Waals surface area (Å²) in [6, 6.07) is -0.473. The fourth-order valence-electron chi connectivity index (χ4n) is 0.513. The molecule has 1 aliphatic rings. The molecule has 0 unspecified atom stereocenters. The van der Waals surface area contributed by atoms with Crippen LogP contribution in [0.3, 0.4) is 0 Å². The topological polar surface area (TPSA) is 58.4 Å². The van der Waals surface area contributed by atoms with E-state index in [1.165, 1.54) is 5.01 Å². The molecular weight excluding hydrogens is 106 g/mol. The summed E-state index contributed by atoms with van der Waals surface area (Å²) in [5.74, 6) is 0. The number of hydrogen-bond acceptors (Lipinski definition) is 2. The SMILES string of the molecule is NC(=O)N1C=CCN1. The predicted molar refractivity (Wildman–Crippen MR) is 28.6 cm³/mol. The molecule has 1 aliphatic heterocycles. The van der Waals surface area contributed by atoms with Gasteiger partial charge in [-0.25, -0.2) is 15.2 Å². The summed E-state index contributed by atoms with van der Waals surface area (Å²) < 4.78 is 0. The Bertz CT molecular complexity index is 131. The van der Waals surface area contributed by atoms with Crippen LogP contribution >= 0.6 is 0 Å². The minimum Gasteiger partial charge on any atom is -0.350 e. The number of hydrazine groups is 1. The fourth-order valence-corrected chi connectivity index (χ4v) is 0.513. The molecule has 0 bridgehead atoms. The zero-order valence-corrected chi connectivity index (χ0v) is 4.29. The van der Waals surface area contributed by atoms with Gasteiger partial charge in [0.15, 0.2) is 0 Å². The Morgan fingerprint density at radius 1 is 1.88 bits per heavy atom. The molecule has 0 spiro atoms. The second kappa shape index (κ2) is 1.83. The molecule has 0 saturated heterocycles. The average molecular weight is 113 g/mol. The van der Waals surface area contributed by atoms with Crippen molar-refractivity contribution in [2.75, 3.05) is 6.54 Å². The van der Waals surface area contributed by atoms with Crippen LogP contribution in [-0.2, 0) is 0 Å². The number of rotatable bonds is 0. The zero-order chi connectivity index (χ0) is 5.98. The van der Waals surface area contributed by atoms with Gasteiger partial charge in [0.1, 0.15) is 0 Å². The van der Waals surface area contributed by atoms with Gasteiger partial charge in [-0.05, 0) is 0 Å². The quantitative estimate of drug-likeness (QED) is 0.440. The number of primary amides is 1. The molecule has 0 saturated carbocycles. The molecule has 0 aromatic rings. The van der Waals surface area contributed by atoms with Gasteiger partial charge < -0.3 is 5.73 Å². The molecule has 0 atom stereocenters. The maximum atomic E-state index is 10.2. The van der Waals surface area contributed by atoms with Gasteiger partial charge in [-0.3, -0.25) is 0 Å². The van der Waals surface area contributed by atoms with Crippen LogP contribution in [-0.4, -0.2) is 17.6 Å². The van der Waals surface area contributed by atoms with Gasteiger partial charge in [-0.1, -0.05) is 6.08 Å². The second-order valence-electron chi connectivity index (χ2n) is 1.46. The Kier molecular flexibility index (Phi) is 1.17. The lowest BCUT2D eigenvalue weighted by Crippen LogP contribution is -2.38. The van der Waals surface area contributed by atoms with E-state index in [4.69, 9.17) is 5.73 Å². The van der Waals surface area contributed by atoms with E-state index < -0.39 is 6.03 Å². The molecule has 0 aliphatic carbocycles. The van der Waals surface area contributed by atoms with Gasteiger partial charge in [-0.2, -0.15) is 0 Å². The lowest BCUT2D eigenvalue weighted by molar-refractivity contribution is 0.214. The Labute approximate surface area is 46.9 Å². The predicted octanol–water partition coefficient (Wildman–Crippen LogP) is -0.601. The molecule has 0 radical (unpaired) electrons. The maximum Gasteiger partial charge on any atom is 0.333 e. The first kappa shape index (κ1) is 5.11. The van der Waals surface area contributed by atoms with Gasteiger partial charge in [0.2, 0.25) is 0 Å². The van der Waals surface area contributed by atoms with Gasteiger partial charge in [0, 0.05) is 12.7 Å². The molecule has 4 nitrogen and oxygen atoms in total. The van der Waals surface area contributed by atoms with Crippen LogP contribution in [0.5, 0.6) is 0 Å². The summed E-state index contributed by atoms with van der Waals surface area (Å²) >= 11 is 0. The molecule has 0 aromatic carbocycles. The number of carbonyl (C=O) groups excluding carboxylic acids is 1. The van der Waals surface area contributed by atoms with Crippen molar-refractivity contribution in [1.82, 2.24) is 10.4 Å². The first-order valence-electron chi connectivity index (χ1n) is 2.29. The molecule has 1 rings (SSSR count). The maximum absolute atomic E-state index is 10.2. The number of urea groups is 1. The number of amides is 2. The van der Waals surface area contributed by atoms with E-state index in [1.807, 2.05) is 6.08 Å². The molecule has 4 heteroatoms. The largest absolute Gasteiger partial charge is 0.350 e. The summed E-state index contributed by atoms with van der Waals surface area (Å²) in [7, 11) is 0. The lowest BCUT2D eigenvalue weighted by atomic mass is 10.7. The van der Waals surface area contributed by atoms with Crippen molar-refractivity contribution in [3.05, 3.63) is 12.3 Å². The summed E-state index contributed by atoms with van der Waals surface area (Å²) in [5.41, 5.74) is 7.57. The molecule has 3 N–H and O–H groups in total. The summed E-state index contributed by atoms with van der Waals surface area (Å²) in [6.45, 7) is 0.683. The van der Waals surface area contributed by atoms with Gasteiger partial charge in [0.25, 0.3) is 0 Å². The van der Waals surface area contributed by atoms with Crippen LogP contribution in [0.25, 0.3) is 0 Å². The molecule has 0 fully saturated rings. The number of nitrogens with zero attached hydrogens (tertiary/aromatic N) is 1. The van der Waals surface area contributed by atoms with E-state index >= 15 is 0 Å². The highest BCUT2D eigenvalue weighted by Gasteiger charge is 2.06. The Morgan fingerprint density at radius 2 is 2.62 bits per heavy atom. The average Bonchev–Trinajstić information content (AvgIpc) is 2.12. The minimum absolute atomic E-state index is 0.473. The van der Waals surface area contributed by atoms with Gasteiger partial charge in [0.05, 0.1) is 0 Å². The van der Waals surface area contributed by atoms with Crippen LogP contribution in [0.1, 0.15) is 0 Å². The van der Waals surface area contributed by atoms with Crippen molar-refractivity contribution in [2.45, 2.75) is 0 Å². The molecule has 44 valence electrons. The highest BCUT2D eigenvalue weighted by molar-refractivity contribution is 5.72. The summed E-state index contributed by atoms with van der Waals surface area (Å²) in [5, 5.41) is 1.24. The van der Waals surface area contributed by atoms with Crippen molar-refractivity contribution in [1.29, 1.82) is 0 Å². The number of nitrogens with one attached hydrogen (secondary N) is 1. The van der Waals surface area contributed by atoms with Crippen LogP contribution in [0.2, 0.25) is 0 Å². The van der Waals surface area contributed by atoms with E-state index in [2.05, 4.69) is 5.43 Å². The highest BCUT2D eigenvalue weighted by Crippen LogP contribution is 1.89. The number of carbonyl (C=O) groups is 1. The van der Waals surface area contributed by atoms with E-state index in [-0.39, 0.29) is 0 Å². The Balaban J connectivity index is 2.48. The summed E-state index contributed by atoms with van der Waals surface area (Å²) in [4.78, 5) is 10.2. The monoisotopic (exact) mass is 113 g/mol. The third-order valence-electron chi connectivity index (χ3n) is 0.871. The second-order valence-corrected chi connectivity index (χ2v) is 1.46. The third kappa shape index (κ3) is 0.788. The summed E-state index contributed by atoms with van der Waals surface area (Å²) in [6.07, 6.45) is 3.41. The number of hydrogen-bond donors (Lipinski definition) is 2. The smallest absolute Gasteiger partial charge is 0.333 e.